The van der Waals surface area contributed by atoms with Gasteiger partial charge in [-0.3, -0.25) is 4.79 Å². The standard InChI is InChI=1S/C29H40O4/c1-4-6-7-8-9-10-11-12-28(30)33-27-19-17-25(18-20-27)24-13-15-26(16-14-24)29(31)32-22-21-23(3)5-2/h13-20,23H,4-12,21-22H2,1-3H3. The Balaban J connectivity index is 1.76. The third-order valence-corrected chi connectivity index (χ3v) is 6.07. The van der Waals surface area contributed by atoms with Gasteiger partial charge in [-0.15, -0.1) is 0 Å². The SMILES string of the molecule is CCCCCCCCCC(=O)Oc1ccc(-c2ccc(C(=O)OCCC(C)CC)cc2)cc1. The van der Waals surface area contributed by atoms with E-state index >= 15 is 0 Å². The number of ether oxygens (including phenoxy) is 2. The van der Waals surface area contributed by atoms with Crippen molar-refractivity contribution in [2.75, 3.05) is 6.61 Å². The number of carbonyl (C=O) groups excluding carboxylic acids is 2. The molecule has 180 valence electrons. The van der Waals surface area contributed by atoms with Gasteiger partial charge in [0.2, 0.25) is 0 Å². The molecule has 0 saturated heterocycles. The van der Waals surface area contributed by atoms with Crippen molar-refractivity contribution in [3.8, 4) is 16.9 Å². The fraction of sp³-hybridized carbons (Fsp3) is 0.517. The lowest BCUT2D eigenvalue weighted by Gasteiger charge is -2.09. The number of unbranched alkanes of at least 4 members (excludes halogenated alkanes) is 6. The first-order valence-electron chi connectivity index (χ1n) is 12.6. The minimum Gasteiger partial charge on any atom is -0.462 e. The van der Waals surface area contributed by atoms with Crippen molar-refractivity contribution in [3.63, 3.8) is 0 Å². The smallest absolute Gasteiger partial charge is 0.338 e. The maximum atomic E-state index is 12.2. The van der Waals surface area contributed by atoms with Gasteiger partial charge in [-0.25, -0.2) is 4.79 Å². The van der Waals surface area contributed by atoms with Crippen LogP contribution < -0.4 is 4.74 Å². The summed E-state index contributed by atoms with van der Waals surface area (Å²) in [5.74, 6) is 0.663. The first-order valence-corrected chi connectivity index (χ1v) is 12.6. The van der Waals surface area contributed by atoms with Crippen molar-refractivity contribution in [1.82, 2.24) is 0 Å². The van der Waals surface area contributed by atoms with E-state index in [4.69, 9.17) is 9.47 Å². The summed E-state index contributed by atoms with van der Waals surface area (Å²) in [6, 6.07) is 14.9. The van der Waals surface area contributed by atoms with Crippen LogP contribution >= 0.6 is 0 Å². The molecule has 4 nitrogen and oxygen atoms in total. The molecule has 0 fully saturated rings. The Kier molecular flexibility index (Phi) is 12.3. The van der Waals surface area contributed by atoms with Crippen LogP contribution in [-0.4, -0.2) is 18.5 Å². The van der Waals surface area contributed by atoms with Crippen molar-refractivity contribution >= 4 is 11.9 Å². The zero-order valence-corrected chi connectivity index (χ0v) is 20.6. The van der Waals surface area contributed by atoms with Gasteiger partial charge in [0.15, 0.2) is 0 Å². The Labute approximate surface area is 199 Å². The van der Waals surface area contributed by atoms with Gasteiger partial charge in [0.05, 0.1) is 12.2 Å². The van der Waals surface area contributed by atoms with E-state index in [1.165, 1.54) is 32.1 Å². The minimum absolute atomic E-state index is 0.174. The van der Waals surface area contributed by atoms with Crippen LogP contribution in [0.1, 0.15) is 95.3 Å². The molecule has 0 amide bonds. The molecule has 0 bridgehead atoms. The fourth-order valence-electron chi connectivity index (χ4n) is 3.56. The summed E-state index contributed by atoms with van der Waals surface area (Å²) < 4.78 is 10.8. The molecule has 0 radical (unpaired) electrons. The summed E-state index contributed by atoms with van der Waals surface area (Å²) in [5.41, 5.74) is 2.55. The minimum atomic E-state index is -0.284. The van der Waals surface area contributed by atoms with E-state index in [0.717, 1.165) is 36.8 Å². The molecule has 33 heavy (non-hydrogen) atoms. The number of hydrogen-bond acceptors (Lipinski definition) is 4. The fourth-order valence-corrected chi connectivity index (χ4v) is 3.56. The third kappa shape index (κ3) is 10.2. The number of rotatable bonds is 15. The Morgan fingerprint density at radius 1 is 0.788 bits per heavy atom. The van der Waals surface area contributed by atoms with Crippen LogP contribution in [0.25, 0.3) is 11.1 Å². The molecule has 2 aromatic rings. The van der Waals surface area contributed by atoms with Gasteiger partial charge in [0.25, 0.3) is 0 Å². The molecule has 0 saturated carbocycles. The molecule has 0 aliphatic carbocycles. The summed E-state index contributed by atoms with van der Waals surface area (Å²) in [5, 5.41) is 0. The van der Waals surface area contributed by atoms with Crippen LogP contribution in [0.5, 0.6) is 5.75 Å². The molecule has 0 heterocycles. The average molecular weight is 453 g/mol. The highest BCUT2D eigenvalue weighted by Crippen LogP contribution is 2.23. The normalized spacial score (nSPS) is 11.7. The topological polar surface area (TPSA) is 52.6 Å². The van der Waals surface area contributed by atoms with Gasteiger partial charge in [0.1, 0.15) is 5.75 Å². The summed E-state index contributed by atoms with van der Waals surface area (Å²) in [4.78, 5) is 24.3. The zero-order valence-electron chi connectivity index (χ0n) is 20.6. The third-order valence-electron chi connectivity index (χ3n) is 6.07. The van der Waals surface area contributed by atoms with Gasteiger partial charge in [-0.1, -0.05) is 90.0 Å². The van der Waals surface area contributed by atoms with Gasteiger partial charge >= 0.3 is 11.9 Å². The first-order chi connectivity index (χ1) is 16.0. The van der Waals surface area contributed by atoms with Crippen LogP contribution in [0.2, 0.25) is 0 Å². The van der Waals surface area contributed by atoms with Crippen molar-refractivity contribution in [1.29, 1.82) is 0 Å². The van der Waals surface area contributed by atoms with Crippen molar-refractivity contribution in [2.45, 2.75) is 85.0 Å². The Hall–Kier alpha value is -2.62. The summed E-state index contributed by atoms with van der Waals surface area (Å²) in [6.07, 6.45) is 10.7. The van der Waals surface area contributed by atoms with Crippen LogP contribution in [0, 0.1) is 5.92 Å². The highest BCUT2D eigenvalue weighted by Gasteiger charge is 2.09. The van der Waals surface area contributed by atoms with Gasteiger partial charge < -0.3 is 9.47 Å². The van der Waals surface area contributed by atoms with Gasteiger partial charge in [-0.05, 0) is 54.2 Å². The van der Waals surface area contributed by atoms with E-state index in [9.17, 15) is 9.59 Å². The molecule has 4 heteroatoms. The first kappa shape index (κ1) is 26.6. The molecular weight excluding hydrogens is 412 g/mol. The molecule has 0 aliphatic rings. The average Bonchev–Trinajstić information content (AvgIpc) is 2.84. The molecule has 0 spiro atoms. The number of hydrogen-bond donors (Lipinski definition) is 0. The molecule has 0 aromatic heterocycles. The Bertz CT molecular complexity index is 824. The van der Waals surface area contributed by atoms with Gasteiger partial charge in [-0.2, -0.15) is 0 Å². The quantitative estimate of drug-likeness (QED) is 0.156. The molecule has 0 aliphatic heterocycles. The van der Waals surface area contributed by atoms with Crippen molar-refractivity contribution in [2.24, 2.45) is 5.92 Å². The molecule has 2 rings (SSSR count). The zero-order chi connectivity index (χ0) is 23.9. The predicted octanol–water partition coefficient (Wildman–Crippen LogP) is 7.99. The highest BCUT2D eigenvalue weighted by atomic mass is 16.5. The van der Waals surface area contributed by atoms with E-state index in [1.54, 1.807) is 12.1 Å². The summed E-state index contributed by atoms with van der Waals surface area (Å²) in [7, 11) is 0. The van der Waals surface area contributed by atoms with E-state index < -0.39 is 0 Å². The van der Waals surface area contributed by atoms with Crippen molar-refractivity contribution in [3.05, 3.63) is 54.1 Å². The van der Waals surface area contributed by atoms with E-state index in [0.29, 0.717) is 30.3 Å². The Morgan fingerprint density at radius 3 is 1.97 bits per heavy atom. The summed E-state index contributed by atoms with van der Waals surface area (Å²) >= 11 is 0. The largest absolute Gasteiger partial charge is 0.462 e. The summed E-state index contributed by atoms with van der Waals surface area (Å²) in [6.45, 7) is 6.96. The maximum Gasteiger partial charge on any atom is 0.338 e. The molecule has 1 atom stereocenters. The van der Waals surface area contributed by atoms with E-state index in [-0.39, 0.29) is 11.9 Å². The van der Waals surface area contributed by atoms with E-state index in [1.807, 2.05) is 36.4 Å². The van der Waals surface area contributed by atoms with Crippen LogP contribution in [0.4, 0.5) is 0 Å². The lowest BCUT2D eigenvalue weighted by Crippen LogP contribution is -2.08. The second kappa shape index (κ2) is 15.3. The lowest BCUT2D eigenvalue weighted by molar-refractivity contribution is -0.134. The Morgan fingerprint density at radius 2 is 1.36 bits per heavy atom. The number of esters is 2. The highest BCUT2D eigenvalue weighted by molar-refractivity contribution is 5.90. The number of benzene rings is 2. The second-order valence-corrected chi connectivity index (χ2v) is 8.89. The van der Waals surface area contributed by atoms with E-state index in [2.05, 4.69) is 20.8 Å². The number of carbonyl (C=O) groups is 2. The lowest BCUT2D eigenvalue weighted by atomic mass is 10.0. The maximum absolute atomic E-state index is 12.2. The van der Waals surface area contributed by atoms with Crippen LogP contribution in [0.3, 0.4) is 0 Å². The van der Waals surface area contributed by atoms with Crippen LogP contribution in [-0.2, 0) is 9.53 Å². The van der Waals surface area contributed by atoms with Gasteiger partial charge in [0, 0.05) is 6.42 Å². The molecule has 1 unspecified atom stereocenters. The molecular formula is C29H40O4. The molecule has 0 N–H and O–H groups in total. The molecule has 2 aromatic carbocycles. The van der Waals surface area contributed by atoms with Crippen LogP contribution in [0.15, 0.2) is 48.5 Å². The predicted molar refractivity (Wildman–Crippen MR) is 134 cm³/mol. The monoisotopic (exact) mass is 452 g/mol. The van der Waals surface area contributed by atoms with Crippen molar-refractivity contribution < 1.29 is 19.1 Å². The second-order valence-electron chi connectivity index (χ2n) is 8.89.